The van der Waals surface area contributed by atoms with Gasteiger partial charge in [0.2, 0.25) is 0 Å². The van der Waals surface area contributed by atoms with Crippen LogP contribution in [0.25, 0.3) is 0 Å². The maximum absolute atomic E-state index is 4.34. The van der Waals surface area contributed by atoms with Crippen molar-refractivity contribution in [3.63, 3.8) is 0 Å². The smallest absolute Gasteiger partial charge is 0.138 e. The summed E-state index contributed by atoms with van der Waals surface area (Å²) in [7, 11) is 1.96. The van der Waals surface area contributed by atoms with Crippen LogP contribution < -0.4 is 5.32 Å². The van der Waals surface area contributed by atoms with Crippen molar-refractivity contribution in [1.29, 1.82) is 0 Å². The molecule has 114 valence electrons. The van der Waals surface area contributed by atoms with Gasteiger partial charge in [-0.1, -0.05) is 37.3 Å². The van der Waals surface area contributed by atoms with Gasteiger partial charge >= 0.3 is 0 Å². The van der Waals surface area contributed by atoms with E-state index in [2.05, 4.69) is 52.7 Å². The average Bonchev–Trinajstić information content (AvgIpc) is 2.91. The highest BCUT2D eigenvalue weighted by Gasteiger charge is 2.12. The zero-order chi connectivity index (χ0) is 14.9. The van der Waals surface area contributed by atoms with Crippen molar-refractivity contribution in [2.24, 2.45) is 7.05 Å². The fraction of sp³-hybridized carbons (Fsp3) is 0.529. The second-order valence-electron chi connectivity index (χ2n) is 5.53. The summed E-state index contributed by atoms with van der Waals surface area (Å²) in [5.74, 6) is 1.06. The molecule has 4 heteroatoms. The third-order valence-corrected chi connectivity index (χ3v) is 3.78. The first kappa shape index (κ1) is 15.7. The van der Waals surface area contributed by atoms with Gasteiger partial charge < -0.3 is 5.32 Å². The Bertz CT molecular complexity index is 507. The molecule has 2 rings (SSSR count). The average molecular weight is 286 g/mol. The van der Waals surface area contributed by atoms with E-state index in [9.17, 15) is 0 Å². The molecule has 0 fully saturated rings. The van der Waals surface area contributed by atoms with Gasteiger partial charge in [-0.05, 0) is 37.8 Å². The first-order valence-corrected chi connectivity index (χ1v) is 7.89. The molecule has 0 saturated heterocycles. The molecule has 0 radical (unpaired) electrons. The van der Waals surface area contributed by atoms with E-state index in [-0.39, 0.29) is 0 Å². The Balaban J connectivity index is 1.83. The zero-order valence-electron chi connectivity index (χ0n) is 13.1. The van der Waals surface area contributed by atoms with Gasteiger partial charge in [-0.3, -0.25) is 4.68 Å². The van der Waals surface area contributed by atoms with Gasteiger partial charge in [0.05, 0.1) is 0 Å². The number of aryl methyl sites for hydroxylation is 2. The number of nitrogens with one attached hydrogen (secondary N) is 1. The minimum absolute atomic E-state index is 0.483. The topological polar surface area (TPSA) is 42.7 Å². The summed E-state index contributed by atoms with van der Waals surface area (Å²) in [6.45, 7) is 3.27. The molecule has 1 aromatic heterocycles. The zero-order valence-corrected chi connectivity index (χ0v) is 13.1. The van der Waals surface area contributed by atoms with E-state index >= 15 is 0 Å². The third-order valence-electron chi connectivity index (χ3n) is 3.78. The highest BCUT2D eigenvalue weighted by molar-refractivity contribution is 5.14. The van der Waals surface area contributed by atoms with Gasteiger partial charge in [-0.25, -0.2) is 4.98 Å². The van der Waals surface area contributed by atoms with Crippen LogP contribution in [0.1, 0.15) is 37.6 Å². The highest BCUT2D eigenvalue weighted by Crippen LogP contribution is 2.09. The summed E-state index contributed by atoms with van der Waals surface area (Å²) >= 11 is 0. The third kappa shape index (κ3) is 5.31. The van der Waals surface area contributed by atoms with Crippen molar-refractivity contribution in [2.75, 3.05) is 6.54 Å². The van der Waals surface area contributed by atoms with Crippen molar-refractivity contribution in [1.82, 2.24) is 20.1 Å². The molecule has 1 heterocycles. The Morgan fingerprint density at radius 3 is 2.71 bits per heavy atom. The molecule has 4 nitrogen and oxygen atoms in total. The van der Waals surface area contributed by atoms with E-state index < -0.39 is 0 Å². The normalized spacial score (nSPS) is 12.5. The van der Waals surface area contributed by atoms with Crippen molar-refractivity contribution in [3.05, 3.63) is 48.0 Å². The highest BCUT2D eigenvalue weighted by atomic mass is 15.3. The monoisotopic (exact) mass is 286 g/mol. The lowest BCUT2D eigenvalue weighted by molar-refractivity contribution is 0.450. The quantitative estimate of drug-likeness (QED) is 0.771. The molecule has 0 bridgehead atoms. The summed E-state index contributed by atoms with van der Waals surface area (Å²) in [5, 5.41) is 7.80. The Hall–Kier alpha value is -1.68. The molecule has 1 N–H and O–H groups in total. The molecule has 0 spiro atoms. The van der Waals surface area contributed by atoms with Crippen LogP contribution in [0.3, 0.4) is 0 Å². The van der Waals surface area contributed by atoms with Crippen LogP contribution >= 0.6 is 0 Å². The van der Waals surface area contributed by atoms with Crippen molar-refractivity contribution in [3.8, 4) is 0 Å². The molecular weight excluding hydrogens is 260 g/mol. The largest absolute Gasteiger partial charge is 0.314 e. The van der Waals surface area contributed by atoms with Gasteiger partial charge in [0, 0.05) is 19.5 Å². The number of hydrogen-bond acceptors (Lipinski definition) is 3. The van der Waals surface area contributed by atoms with Crippen LogP contribution in [0.4, 0.5) is 0 Å². The standard InChI is InChI=1S/C17H26N4/c1-3-12-18-16(13-17-19-14-20-21(17)2)11-7-10-15-8-5-4-6-9-15/h4-6,8-9,14,16,18H,3,7,10-13H2,1-2H3. The summed E-state index contributed by atoms with van der Waals surface area (Å²) in [6, 6.07) is 11.2. The molecule has 21 heavy (non-hydrogen) atoms. The lowest BCUT2D eigenvalue weighted by Crippen LogP contribution is -2.32. The predicted octanol–water partition coefficient (Wildman–Crippen LogP) is 2.75. The van der Waals surface area contributed by atoms with Crippen LogP contribution in [0.2, 0.25) is 0 Å². The van der Waals surface area contributed by atoms with E-state index in [1.165, 1.54) is 18.4 Å². The molecule has 1 atom stereocenters. The lowest BCUT2D eigenvalue weighted by Gasteiger charge is -2.18. The van der Waals surface area contributed by atoms with Gasteiger partial charge in [-0.2, -0.15) is 5.10 Å². The molecule has 0 aliphatic rings. The maximum atomic E-state index is 4.34. The van der Waals surface area contributed by atoms with E-state index in [1.54, 1.807) is 6.33 Å². The van der Waals surface area contributed by atoms with E-state index in [0.717, 1.165) is 31.6 Å². The Morgan fingerprint density at radius 2 is 2.05 bits per heavy atom. The van der Waals surface area contributed by atoms with E-state index in [1.807, 2.05) is 11.7 Å². The van der Waals surface area contributed by atoms with E-state index in [4.69, 9.17) is 0 Å². The maximum Gasteiger partial charge on any atom is 0.138 e. The fourth-order valence-electron chi connectivity index (χ4n) is 2.55. The summed E-state index contributed by atoms with van der Waals surface area (Å²) in [4.78, 5) is 4.34. The van der Waals surface area contributed by atoms with Crippen LogP contribution in [0.15, 0.2) is 36.7 Å². The fourth-order valence-corrected chi connectivity index (χ4v) is 2.55. The number of hydrogen-bond donors (Lipinski definition) is 1. The van der Waals surface area contributed by atoms with Crippen molar-refractivity contribution >= 4 is 0 Å². The summed E-state index contributed by atoms with van der Waals surface area (Å²) in [6.07, 6.45) is 7.25. The second-order valence-corrected chi connectivity index (χ2v) is 5.53. The minimum Gasteiger partial charge on any atom is -0.314 e. The van der Waals surface area contributed by atoms with Gasteiger partial charge in [0.15, 0.2) is 0 Å². The minimum atomic E-state index is 0.483. The number of aromatic nitrogens is 3. The van der Waals surface area contributed by atoms with E-state index in [0.29, 0.717) is 6.04 Å². The number of nitrogens with zero attached hydrogens (tertiary/aromatic N) is 3. The molecule has 0 saturated carbocycles. The first-order chi connectivity index (χ1) is 10.3. The first-order valence-electron chi connectivity index (χ1n) is 7.89. The SMILES string of the molecule is CCCNC(CCCc1ccccc1)Cc1ncnn1C. The molecule has 0 aliphatic heterocycles. The van der Waals surface area contributed by atoms with Crippen molar-refractivity contribution in [2.45, 2.75) is 45.1 Å². The summed E-state index contributed by atoms with van der Waals surface area (Å²) < 4.78 is 1.87. The molecular formula is C17H26N4. The van der Waals surface area contributed by atoms with Crippen LogP contribution in [0.5, 0.6) is 0 Å². The van der Waals surface area contributed by atoms with Crippen LogP contribution in [0, 0.1) is 0 Å². The molecule has 1 unspecified atom stereocenters. The number of rotatable bonds is 9. The Kier molecular flexibility index (Phi) is 6.41. The molecule has 0 aliphatic carbocycles. The predicted molar refractivity (Wildman–Crippen MR) is 86.2 cm³/mol. The van der Waals surface area contributed by atoms with Crippen LogP contribution in [-0.2, 0) is 19.9 Å². The second kappa shape index (κ2) is 8.57. The van der Waals surface area contributed by atoms with Gasteiger partial charge in [0.25, 0.3) is 0 Å². The van der Waals surface area contributed by atoms with Gasteiger partial charge in [-0.15, -0.1) is 0 Å². The van der Waals surface area contributed by atoms with Gasteiger partial charge in [0.1, 0.15) is 12.2 Å². The molecule has 0 amide bonds. The van der Waals surface area contributed by atoms with Crippen LogP contribution in [-0.4, -0.2) is 27.4 Å². The molecule has 1 aromatic carbocycles. The van der Waals surface area contributed by atoms with Crippen molar-refractivity contribution < 1.29 is 0 Å². The Morgan fingerprint density at radius 1 is 1.24 bits per heavy atom. The lowest BCUT2D eigenvalue weighted by atomic mass is 10.0. The Labute approximate surface area is 127 Å². The number of benzene rings is 1. The molecule has 2 aromatic rings. The summed E-state index contributed by atoms with van der Waals surface area (Å²) in [5.41, 5.74) is 1.42.